The fourth-order valence-electron chi connectivity index (χ4n) is 2.12. The number of hydrogen-bond acceptors (Lipinski definition) is 3. The van der Waals surface area contributed by atoms with Crippen LogP contribution in [-0.2, 0) is 4.74 Å². The average molecular weight is 313 g/mol. The van der Waals surface area contributed by atoms with E-state index in [1.54, 1.807) is 0 Å². The molecule has 1 aliphatic heterocycles. The van der Waals surface area contributed by atoms with Gasteiger partial charge in [-0.15, -0.1) is 0 Å². The third-order valence-electron chi connectivity index (χ3n) is 3.27. The molecule has 114 valence electrons. The third kappa shape index (κ3) is 4.61. The molecule has 0 radical (unpaired) electrons. The zero-order valence-corrected chi connectivity index (χ0v) is 12.2. The lowest BCUT2D eigenvalue weighted by Gasteiger charge is -2.22. The summed E-state index contributed by atoms with van der Waals surface area (Å²) < 4.78 is 5.34. The molecule has 0 aromatic heterocycles. The van der Waals surface area contributed by atoms with E-state index in [9.17, 15) is 9.59 Å². The summed E-state index contributed by atoms with van der Waals surface area (Å²) in [7, 11) is 0. The SMILES string of the molecule is O=C(NCC1CCCOC1)Nc1ccc(C(=O)O)cc1Cl. The minimum absolute atomic E-state index is 0.0744. The Labute approximate surface area is 127 Å². The van der Waals surface area contributed by atoms with Crippen LogP contribution in [0.25, 0.3) is 0 Å². The number of carbonyl (C=O) groups excluding carboxylic acids is 1. The first kappa shape index (κ1) is 15.6. The van der Waals surface area contributed by atoms with Gasteiger partial charge < -0.3 is 20.5 Å². The van der Waals surface area contributed by atoms with Gasteiger partial charge in [-0.25, -0.2) is 9.59 Å². The molecule has 1 aromatic rings. The van der Waals surface area contributed by atoms with Gasteiger partial charge in [-0.2, -0.15) is 0 Å². The molecule has 1 atom stereocenters. The predicted octanol–water partition coefficient (Wildman–Crippen LogP) is 2.59. The van der Waals surface area contributed by atoms with E-state index < -0.39 is 5.97 Å². The van der Waals surface area contributed by atoms with Crippen molar-refractivity contribution in [3.8, 4) is 0 Å². The van der Waals surface area contributed by atoms with Crippen molar-refractivity contribution in [2.75, 3.05) is 25.1 Å². The van der Waals surface area contributed by atoms with Crippen molar-refractivity contribution in [1.82, 2.24) is 5.32 Å². The zero-order valence-electron chi connectivity index (χ0n) is 11.4. The highest BCUT2D eigenvalue weighted by Crippen LogP contribution is 2.23. The molecule has 3 N–H and O–H groups in total. The summed E-state index contributed by atoms with van der Waals surface area (Å²) in [5.41, 5.74) is 0.448. The van der Waals surface area contributed by atoms with Crippen molar-refractivity contribution in [3.05, 3.63) is 28.8 Å². The first-order chi connectivity index (χ1) is 10.1. The Morgan fingerprint density at radius 2 is 2.24 bits per heavy atom. The predicted molar refractivity (Wildman–Crippen MR) is 79.0 cm³/mol. The van der Waals surface area contributed by atoms with E-state index in [2.05, 4.69) is 10.6 Å². The number of carboxylic acids is 1. The number of nitrogens with one attached hydrogen (secondary N) is 2. The monoisotopic (exact) mass is 312 g/mol. The fraction of sp³-hybridized carbons (Fsp3) is 0.429. The normalized spacial score (nSPS) is 18.0. The highest BCUT2D eigenvalue weighted by molar-refractivity contribution is 6.34. The quantitative estimate of drug-likeness (QED) is 0.797. The highest BCUT2D eigenvalue weighted by Gasteiger charge is 2.15. The molecule has 0 aliphatic carbocycles. The lowest BCUT2D eigenvalue weighted by molar-refractivity contribution is 0.0559. The molecule has 1 unspecified atom stereocenters. The molecule has 7 heteroatoms. The Bertz CT molecular complexity index is 530. The number of urea groups is 1. The maximum absolute atomic E-state index is 11.8. The number of amides is 2. The van der Waals surface area contributed by atoms with Gasteiger partial charge >= 0.3 is 12.0 Å². The Hall–Kier alpha value is -1.79. The number of ether oxygens (including phenoxy) is 1. The molecule has 0 saturated carbocycles. The van der Waals surface area contributed by atoms with Gasteiger partial charge in [0.2, 0.25) is 0 Å². The van der Waals surface area contributed by atoms with E-state index >= 15 is 0 Å². The summed E-state index contributed by atoms with van der Waals surface area (Å²) in [5.74, 6) is -0.737. The molecule has 1 saturated heterocycles. The Morgan fingerprint density at radius 3 is 2.86 bits per heavy atom. The van der Waals surface area contributed by atoms with Crippen LogP contribution < -0.4 is 10.6 Å². The molecular weight excluding hydrogens is 296 g/mol. The van der Waals surface area contributed by atoms with Crippen LogP contribution in [-0.4, -0.2) is 36.9 Å². The van der Waals surface area contributed by atoms with Crippen molar-refractivity contribution >= 4 is 29.3 Å². The second-order valence-corrected chi connectivity index (χ2v) is 5.33. The summed E-state index contributed by atoms with van der Waals surface area (Å²) in [6.45, 7) is 1.99. The maximum Gasteiger partial charge on any atom is 0.335 e. The van der Waals surface area contributed by atoms with Crippen LogP contribution in [0, 0.1) is 5.92 Å². The minimum atomic E-state index is -1.06. The first-order valence-electron chi connectivity index (χ1n) is 6.71. The van der Waals surface area contributed by atoms with Gasteiger partial charge in [0.15, 0.2) is 0 Å². The highest BCUT2D eigenvalue weighted by atomic mass is 35.5. The van der Waals surface area contributed by atoms with Crippen LogP contribution in [0.4, 0.5) is 10.5 Å². The summed E-state index contributed by atoms with van der Waals surface area (Å²) in [6.07, 6.45) is 2.05. The van der Waals surface area contributed by atoms with Crippen LogP contribution in [0.3, 0.4) is 0 Å². The van der Waals surface area contributed by atoms with E-state index in [1.807, 2.05) is 0 Å². The first-order valence-corrected chi connectivity index (χ1v) is 7.09. The van der Waals surface area contributed by atoms with Crippen LogP contribution in [0.5, 0.6) is 0 Å². The molecule has 0 bridgehead atoms. The molecule has 1 aromatic carbocycles. The van der Waals surface area contributed by atoms with Crippen molar-refractivity contribution in [3.63, 3.8) is 0 Å². The number of carboxylic acid groups (broad SMARTS) is 1. The smallest absolute Gasteiger partial charge is 0.335 e. The van der Waals surface area contributed by atoms with E-state index in [4.69, 9.17) is 21.4 Å². The Balaban J connectivity index is 1.85. The van der Waals surface area contributed by atoms with Gasteiger partial charge in [0.1, 0.15) is 0 Å². The van der Waals surface area contributed by atoms with E-state index in [-0.39, 0.29) is 16.6 Å². The summed E-state index contributed by atoms with van der Waals surface area (Å²) in [6, 6.07) is 3.79. The molecular formula is C14H17ClN2O4. The number of hydrogen-bond donors (Lipinski definition) is 3. The van der Waals surface area contributed by atoms with Gasteiger partial charge in [-0.3, -0.25) is 0 Å². The Kier molecular flexibility index (Phi) is 5.41. The number of carbonyl (C=O) groups is 2. The van der Waals surface area contributed by atoms with Crippen LogP contribution >= 0.6 is 11.6 Å². The average Bonchev–Trinajstić information content (AvgIpc) is 2.48. The summed E-state index contributed by atoms with van der Waals surface area (Å²) >= 11 is 5.94. The lowest BCUT2D eigenvalue weighted by Crippen LogP contribution is -2.35. The van der Waals surface area contributed by atoms with Crippen molar-refractivity contribution in [2.45, 2.75) is 12.8 Å². The second kappa shape index (κ2) is 7.28. The number of halogens is 1. The van der Waals surface area contributed by atoms with Crippen LogP contribution in [0.1, 0.15) is 23.2 Å². The lowest BCUT2D eigenvalue weighted by atomic mass is 10.0. The zero-order chi connectivity index (χ0) is 15.2. The molecule has 1 fully saturated rings. The van der Waals surface area contributed by atoms with Crippen molar-refractivity contribution in [2.24, 2.45) is 5.92 Å². The van der Waals surface area contributed by atoms with Crippen LogP contribution in [0.2, 0.25) is 5.02 Å². The minimum Gasteiger partial charge on any atom is -0.478 e. The van der Waals surface area contributed by atoms with E-state index in [1.165, 1.54) is 18.2 Å². The maximum atomic E-state index is 11.8. The largest absolute Gasteiger partial charge is 0.478 e. The standard InChI is InChI=1S/C14H17ClN2O4/c15-11-6-10(13(18)19)3-4-12(11)17-14(20)16-7-9-2-1-5-21-8-9/h3-4,6,9H,1-2,5,7-8H2,(H,18,19)(H2,16,17,20). The summed E-state index contributed by atoms with van der Waals surface area (Å²) in [4.78, 5) is 22.6. The molecule has 0 spiro atoms. The molecule has 2 amide bonds. The molecule has 6 nitrogen and oxygen atoms in total. The van der Waals surface area contributed by atoms with Crippen molar-refractivity contribution in [1.29, 1.82) is 0 Å². The van der Waals surface area contributed by atoms with Gasteiger partial charge in [0.05, 0.1) is 22.9 Å². The van der Waals surface area contributed by atoms with Gasteiger partial charge in [-0.05, 0) is 37.0 Å². The fourth-order valence-corrected chi connectivity index (χ4v) is 2.35. The number of benzene rings is 1. The number of rotatable bonds is 4. The topological polar surface area (TPSA) is 87.7 Å². The van der Waals surface area contributed by atoms with Crippen LogP contribution in [0.15, 0.2) is 18.2 Å². The molecule has 1 heterocycles. The summed E-state index contributed by atoms with van der Waals surface area (Å²) in [5, 5.41) is 14.4. The van der Waals surface area contributed by atoms with Gasteiger partial charge in [-0.1, -0.05) is 11.6 Å². The molecule has 2 rings (SSSR count). The van der Waals surface area contributed by atoms with Gasteiger partial charge in [0, 0.05) is 13.2 Å². The van der Waals surface area contributed by atoms with Gasteiger partial charge in [0.25, 0.3) is 0 Å². The van der Waals surface area contributed by atoms with Crippen molar-refractivity contribution < 1.29 is 19.4 Å². The second-order valence-electron chi connectivity index (χ2n) is 4.92. The third-order valence-corrected chi connectivity index (χ3v) is 3.58. The Morgan fingerprint density at radius 1 is 1.43 bits per heavy atom. The van der Waals surface area contributed by atoms with E-state index in [0.29, 0.717) is 24.8 Å². The number of aromatic carboxylic acids is 1. The number of anilines is 1. The molecule has 21 heavy (non-hydrogen) atoms. The van der Waals surface area contributed by atoms with E-state index in [0.717, 1.165) is 19.4 Å². The molecule has 1 aliphatic rings.